The second-order valence-electron chi connectivity index (χ2n) is 10.6. The van der Waals surface area contributed by atoms with Crippen LogP contribution in [0.2, 0.25) is 0 Å². The molecule has 0 bridgehead atoms. The van der Waals surface area contributed by atoms with Gasteiger partial charge in [-0.3, -0.25) is 9.59 Å². The number of carbonyl (C=O) groups is 3. The van der Waals surface area contributed by atoms with Crippen molar-refractivity contribution in [2.24, 2.45) is 0 Å². The van der Waals surface area contributed by atoms with Crippen molar-refractivity contribution >= 4 is 23.5 Å². The zero-order valence-electron chi connectivity index (χ0n) is 20.7. The number of urea groups is 1. The fourth-order valence-electron chi connectivity index (χ4n) is 6.38. The molecule has 35 heavy (non-hydrogen) atoms. The van der Waals surface area contributed by atoms with Gasteiger partial charge in [0, 0.05) is 44.0 Å². The van der Waals surface area contributed by atoms with Crippen molar-refractivity contribution in [2.45, 2.75) is 88.4 Å². The fourth-order valence-corrected chi connectivity index (χ4v) is 6.38. The van der Waals surface area contributed by atoms with Crippen LogP contribution in [-0.4, -0.2) is 78.0 Å². The van der Waals surface area contributed by atoms with Gasteiger partial charge < -0.3 is 25.3 Å². The van der Waals surface area contributed by atoms with Crippen LogP contribution >= 0.6 is 0 Å². The number of carbonyl (C=O) groups excluding carboxylic acids is 3. The Hall–Kier alpha value is -2.77. The molecule has 8 nitrogen and oxygen atoms in total. The molecule has 2 aliphatic heterocycles. The Morgan fingerprint density at radius 3 is 2.31 bits per heavy atom. The van der Waals surface area contributed by atoms with Gasteiger partial charge in [0.05, 0.1) is 12.5 Å². The molecule has 0 aromatic heterocycles. The van der Waals surface area contributed by atoms with E-state index in [0.29, 0.717) is 13.1 Å². The van der Waals surface area contributed by atoms with Crippen molar-refractivity contribution in [3.05, 3.63) is 30.3 Å². The van der Waals surface area contributed by atoms with Gasteiger partial charge >= 0.3 is 6.03 Å². The molecule has 5 rings (SSSR count). The molecular weight excluding hydrogens is 442 g/mol. The Bertz CT molecular complexity index is 895. The summed E-state index contributed by atoms with van der Waals surface area (Å²) >= 11 is 0. The standard InChI is InChI=1S/C27H39N5O3/c33-25(31-17-15-30(16-18-31)21-11-5-2-6-12-21)19-24-26(34)29-22-13-7-8-14-23(22)32(24)27(35)28-20-9-3-1-4-10-20/h2,5-6,11-12,20,22-24H,1,3-4,7-10,13-19H2,(H,28,35)(H,29,34)/t22-,23-,24-/m0/s1. The molecule has 0 unspecified atom stereocenters. The highest BCUT2D eigenvalue weighted by Crippen LogP contribution is 2.30. The summed E-state index contributed by atoms with van der Waals surface area (Å²) in [5.41, 5.74) is 1.17. The van der Waals surface area contributed by atoms with Gasteiger partial charge in [0.2, 0.25) is 11.8 Å². The van der Waals surface area contributed by atoms with Crippen LogP contribution in [0.1, 0.15) is 64.2 Å². The summed E-state index contributed by atoms with van der Waals surface area (Å²) in [6, 6.07) is 9.48. The molecule has 4 aliphatic rings. The second-order valence-corrected chi connectivity index (χ2v) is 10.6. The van der Waals surface area contributed by atoms with Crippen LogP contribution in [-0.2, 0) is 9.59 Å². The Labute approximate surface area is 208 Å². The lowest BCUT2D eigenvalue weighted by Crippen LogP contribution is -2.70. The van der Waals surface area contributed by atoms with Crippen molar-refractivity contribution in [1.82, 2.24) is 20.4 Å². The van der Waals surface area contributed by atoms with Crippen molar-refractivity contribution in [2.75, 3.05) is 31.1 Å². The van der Waals surface area contributed by atoms with Crippen molar-refractivity contribution in [3.63, 3.8) is 0 Å². The van der Waals surface area contributed by atoms with Crippen LogP contribution < -0.4 is 15.5 Å². The number of amides is 4. The molecule has 4 amide bonds. The minimum atomic E-state index is -0.738. The molecule has 0 radical (unpaired) electrons. The monoisotopic (exact) mass is 481 g/mol. The number of piperazine rings is 2. The van der Waals surface area contributed by atoms with Gasteiger partial charge in [0.15, 0.2) is 0 Å². The molecule has 3 atom stereocenters. The maximum absolute atomic E-state index is 13.5. The lowest BCUT2D eigenvalue weighted by molar-refractivity contribution is -0.140. The minimum absolute atomic E-state index is 0.00544. The van der Waals surface area contributed by atoms with E-state index in [9.17, 15) is 14.4 Å². The van der Waals surface area contributed by atoms with Gasteiger partial charge in [-0.15, -0.1) is 0 Å². The first-order valence-corrected chi connectivity index (χ1v) is 13.6. The topological polar surface area (TPSA) is 85.0 Å². The number of nitrogens with one attached hydrogen (secondary N) is 2. The fraction of sp³-hybridized carbons (Fsp3) is 0.667. The third kappa shape index (κ3) is 5.41. The molecular formula is C27H39N5O3. The highest BCUT2D eigenvalue weighted by molar-refractivity contribution is 5.93. The average Bonchev–Trinajstić information content (AvgIpc) is 2.90. The van der Waals surface area contributed by atoms with E-state index < -0.39 is 6.04 Å². The summed E-state index contributed by atoms with van der Waals surface area (Å²) in [6.45, 7) is 2.79. The predicted octanol–water partition coefficient (Wildman–Crippen LogP) is 2.88. The molecule has 4 fully saturated rings. The molecule has 2 heterocycles. The normalized spacial score (nSPS) is 27.7. The van der Waals surface area contributed by atoms with Crippen molar-refractivity contribution < 1.29 is 14.4 Å². The molecule has 1 aromatic carbocycles. The number of fused-ring (bicyclic) bond motifs is 1. The van der Waals surface area contributed by atoms with Crippen LogP contribution in [0.25, 0.3) is 0 Å². The van der Waals surface area contributed by atoms with Crippen LogP contribution in [0.5, 0.6) is 0 Å². The number of rotatable bonds is 4. The lowest BCUT2D eigenvalue weighted by atomic mass is 9.85. The second kappa shape index (κ2) is 10.9. The summed E-state index contributed by atoms with van der Waals surface area (Å²) in [4.78, 5) is 46.0. The number of hydrogen-bond acceptors (Lipinski definition) is 4. The van der Waals surface area contributed by atoms with Gasteiger partial charge in [-0.25, -0.2) is 4.79 Å². The van der Waals surface area contributed by atoms with Crippen molar-refractivity contribution in [1.29, 1.82) is 0 Å². The first kappa shape index (κ1) is 23.9. The van der Waals surface area contributed by atoms with E-state index in [4.69, 9.17) is 0 Å². The van der Waals surface area contributed by atoms with Gasteiger partial charge in [0.1, 0.15) is 6.04 Å². The average molecular weight is 482 g/mol. The zero-order valence-corrected chi connectivity index (χ0v) is 20.7. The van der Waals surface area contributed by atoms with Gasteiger partial charge in [-0.1, -0.05) is 50.3 Å². The quantitative estimate of drug-likeness (QED) is 0.693. The van der Waals surface area contributed by atoms with Crippen molar-refractivity contribution in [3.8, 4) is 0 Å². The molecule has 2 aliphatic carbocycles. The molecule has 0 spiro atoms. The van der Waals surface area contributed by atoms with E-state index in [1.807, 2.05) is 23.1 Å². The van der Waals surface area contributed by atoms with E-state index in [0.717, 1.165) is 64.5 Å². The van der Waals surface area contributed by atoms with Crippen LogP contribution in [0.3, 0.4) is 0 Å². The number of anilines is 1. The van der Waals surface area contributed by atoms with Crippen LogP contribution in [0.4, 0.5) is 10.5 Å². The SMILES string of the molecule is O=C1N[C@H]2CCCC[C@@H]2N(C(=O)NC2CCCCC2)[C@H]1CC(=O)N1CCN(c2ccccc2)CC1. The van der Waals surface area contributed by atoms with Gasteiger partial charge in [-0.05, 0) is 37.8 Å². The maximum Gasteiger partial charge on any atom is 0.318 e. The number of para-hydroxylation sites is 1. The molecule has 2 saturated heterocycles. The van der Waals surface area contributed by atoms with Crippen LogP contribution in [0, 0.1) is 0 Å². The largest absolute Gasteiger partial charge is 0.368 e. The van der Waals surface area contributed by atoms with E-state index in [1.54, 1.807) is 4.90 Å². The molecule has 190 valence electrons. The smallest absolute Gasteiger partial charge is 0.318 e. The van der Waals surface area contributed by atoms with Gasteiger partial charge in [-0.2, -0.15) is 0 Å². The summed E-state index contributed by atoms with van der Waals surface area (Å²) in [7, 11) is 0. The minimum Gasteiger partial charge on any atom is -0.368 e. The maximum atomic E-state index is 13.5. The van der Waals surface area contributed by atoms with Gasteiger partial charge in [0.25, 0.3) is 0 Å². The van der Waals surface area contributed by atoms with Crippen LogP contribution in [0.15, 0.2) is 30.3 Å². The predicted molar refractivity (Wildman–Crippen MR) is 135 cm³/mol. The van der Waals surface area contributed by atoms with E-state index >= 15 is 0 Å². The number of benzene rings is 1. The van der Waals surface area contributed by atoms with E-state index in [1.165, 1.54) is 12.1 Å². The summed E-state index contributed by atoms with van der Waals surface area (Å²) in [5.74, 6) is -0.217. The Morgan fingerprint density at radius 2 is 1.57 bits per heavy atom. The first-order valence-electron chi connectivity index (χ1n) is 13.6. The lowest BCUT2D eigenvalue weighted by Gasteiger charge is -2.48. The van der Waals surface area contributed by atoms with E-state index in [-0.39, 0.29) is 42.4 Å². The molecule has 2 saturated carbocycles. The highest BCUT2D eigenvalue weighted by Gasteiger charge is 2.46. The number of hydrogen-bond donors (Lipinski definition) is 2. The summed E-state index contributed by atoms with van der Waals surface area (Å²) < 4.78 is 0. The molecule has 8 heteroatoms. The molecule has 2 N–H and O–H groups in total. The van der Waals surface area contributed by atoms with E-state index in [2.05, 4.69) is 27.7 Å². The number of nitrogens with zero attached hydrogens (tertiary/aromatic N) is 3. The molecule has 1 aromatic rings. The third-order valence-electron chi connectivity index (χ3n) is 8.34. The Morgan fingerprint density at radius 1 is 0.886 bits per heavy atom. The highest BCUT2D eigenvalue weighted by atomic mass is 16.2. The Balaban J connectivity index is 1.25. The first-order chi connectivity index (χ1) is 17.1. The third-order valence-corrected chi connectivity index (χ3v) is 8.34. The zero-order chi connectivity index (χ0) is 24.2. The summed E-state index contributed by atoms with van der Waals surface area (Å²) in [6.07, 6.45) is 9.42. The summed E-state index contributed by atoms with van der Waals surface area (Å²) in [5, 5.41) is 6.38. The Kier molecular flexibility index (Phi) is 7.44.